The highest BCUT2D eigenvalue weighted by atomic mass is 16.7. The zero-order valence-electron chi connectivity index (χ0n) is 13.7. The highest BCUT2D eigenvalue weighted by Gasteiger charge is 2.50. The molecule has 24 heavy (non-hydrogen) atoms. The average molecular weight is 350 g/mol. The van der Waals surface area contributed by atoms with Gasteiger partial charge in [-0.1, -0.05) is 0 Å². The quantitative estimate of drug-likeness (QED) is 0.412. The fourth-order valence-corrected chi connectivity index (χ4v) is 2.17. The monoisotopic (exact) mass is 350 g/mol. The van der Waals surface area contributed by atoms with Gasteiger partial charge in [0.2, 0.25) is 0 Å². The van der Waals surface area contributed by atoms with E-state index in [0.717, 1.165) is 13.8 Å². The summed E-state index contributed by atoms with van der Waals surface area (Å²) in [5, 5.41) is 19.2. The fourth-order valence-electron chi connectivity index (χ4n) is 2.17. The Morgan fingerprint density at radius 3 is 2.08 bits per heavy atom. The van der Waals surface area contributed by atoms with Crippen molar-refractivity contribution in [2.75, 3.05) is 19.8 Å². The molecule has 5 atom stereocenters. The maximum Gasteiger partial charge on any atom is 0.303 e. The Morgan fingerprint density at radius 1 is 1.00 bits per heavy atom. The molecule has 1 aliphatic heterocycles. The average Bonchev–Trinajstić information content (AvgIpc) is 2.48. The standard InChI is InChI=1S/C14H22O10/c1-7(16)21-6-10-11(19)12(22-8(2)17)13(23-9(3)18)14(24-10)20-5-4-15/h10-15,19H,4-6H2,1-3H3/t10-,11-,12+,13-,14-/m1/s1. The van der Waals surface area contributed by atoms with Crippen LogP contribution in [-0.2, 0) is 38.1 Å². The lowest BCUT2D eigenvalue weighted by molar-refractivity contribution is -0.307. The Morgan fingerprint density at radius 2 is 1.58 bits per heavy atom. The molecule has 1 saturated heterocycles. The molecule has 1 heterocycles. The number of aliphatic hydroxyl groups is 2. The second-order valence-electron chi connectivity index (χ2n) is 5.08. The summed E-state index contributed by atoms with van der Waals surface area (Å²) in [7, 11) is 0. The maximum absolute atomic E-state index is 11.3. The van der Waals surface area contributed by atoms with Gasteiger partial charge < -0.3 is 33.9 Å². The Hall–Kier alpha value is -1.75. The lowest BCUT2D eigenvalue weighted by atomic mass is 9.98. The van der Waals surface area contributed by atoms with E-state index in [0.29, 0.717) is 0 Å². The predicted octanol–water partition coefficient (Wildman–Crippen LogP) is -1.49. The Kier molecular flexibility index (Phi) is 8.05. The minimum atomic E-state index is -1.42. The van der Waals surface area contributed by atoms with Crippen molar-refractivity contribution in [2.45, 2.75) is 51.5 Å². The minimum absolute atomic E-state index is 0.147. The number of carbonyl (C=O) groups excluding carboxylic acids is 3. The summed E-state index contributed by atoms with van der Waals surface area (Å²) in [6.45, 7) is 2.64. The van der Waals surface area contributed by atoms with E-state index in [-0.39, 0.29) is 19.8 Å². The van der Waals surface area contributed by atoms with Gasteiger partial charge in [-0.05, 0) is 0 Å². The molecule has 10 heteroatoms. The zero-order chi connectivity index (χ0) is 18.3. The van der Waals surface area contributed by atoms with Crippen molar-refractivity contribution in [1.29, 1.82) is 0 Å². The molecular weight excluding hydrogens is 328 g/mol. The molecule has 1 rings (SSSR count). The molecule has 1 fully saturated rings. The normalized spacial score (nSPS) is 29.6. The molecule has 0 aromatic heterocycles. The van der Waals surface area contributed by atoms with E-state index in [1.807, 2.05) is 0 Å². The summed E-state index contributed by atoms with van der Waals surface area (Å²) in [5.41, 5.74) is 0. The van der Waals surface area contributed by atoms with Gasteiger partial charge >= 0.3 is 17.9 Å². The minimum Gasteiger partial charge on any atom is -0.463 e. The topological polar surface area (TPSA) is 138 Å². The van der Waals surface area contributed by atoms with E-state index < -0.39 is 48.6 Å². The first-order valence-electron chi connectivity index (χ1n) is 7.30. The summed E-state index contributed by atoms with van der Waals surface area (Å²) in [5.74, 6) is -2.01. The Bertz CT molecular complexity index is 451. The SMILES string of the molecule is CC(=O)OC[C@H]1O[C@@H](OCCO)[C@H](OC(C)=O)[C@@H](OC(C)=O)[C@@H]1O. The smallest absolute Gasteiger partial charge is 0.303 e. The third-order valence-corrected chi connectivity index (χ3v) is 3.05. The van der Waals surface area contributed by atoms with E-state index in [4.69, 9.17) is 28.8 Å². The van der Waals surface area contributed by atoms with E-state index in [1.165, 1.54) is 6.92 Å². The molecule has 0 aromatic carbocycles. The van der Waals surface area contributed by atoms with Gasteiger partial charge in [-0.25, -0.2) is 0 Å². The summed E-state index contributed by atoms with van der Waals surface area (Å²) >= 11 is 0. The van der Waals surface area contributed by atoms with Crippen LogP contribution in [0.1, 0.15) is 20.8 Å². The van der Waals surface area contributed by atoms with Gasteiger partial charge in [0.05, 0.1) is 13.2 Å². The van der Waals surface area contributed by atoms with Crippen LogP contribution in [0.5, 0.6) is 0 Å². The molecule has 0 aromatic rings. The third kappa shape index (κ3) is 6.04. The van der Waals surface area contributed by atoms with Crippen molar-refractivity contribution >= 4 is 17.9 Å². The van der Waals surface area contributed by atoms with Crippen LogP contribution in [0.15, 0.2) is 0 Å². The molecule has 0 aliphatic carbocycles. The highest BCUT2D eigenvalue weighted by Crippen LogP contribution is 2.27. The van der Waals surface area contributed by atoms with Crippen LogP contribution in [0, 0.1) is 0 Å². The van der Waals surface area contributed by atoms with Crippen molar-refractivity contribution in [3.63, 3.8) is 0 Å². The molecule has 138 valence electrons. The second-order valence-corrected chi connectivity index (χ2v) is 5.08. The molecule has 0 unspecified atom stereocenters. The van der Waals surface area contributed by atoms with E-state index >= 15 is 0 Å². The van der Waals surface area contributed by atoms with Crippen molar-refractivity contribution in [2.24, 2.45) is 0 Å². The molecular formula is C14H22O10. The van der Waals surface area contributed by atoms with Crippen LogP contribution in [0.25, 0.3) is 0 Å². The van der Waals surface area contributed by atoms with Gasteiger partial charge in [-0.3, -0.25) is 14.4 Å². The summed E-state index contributed by atoms with van der Waals surface area (Å²) < 4.78 is 25.6. The first-order valence-corrected chi connectivity index (χ1v) is 7.30. The molecule has 1 aliphatic rings. The number of aliphatic hydroxyl groups excluding tert-OH is 2. The molecule has 0 radical (unpaired) electrons. The summed E-state index contributed by atoms with van der Waals surface area (Å²) in [6, 6.07) is 0. The second kappa shape index (κ2) is 9.52. The van der Waals surface area contributed by atoms with Gasteiger partial charge in [0.15, 0.2) is 18.5 Å². The van der Waals surface area contributed by atoms with Crippen molar-refractivity contribution < 1.29 is 48.3 Å². The lowest BCUT2D eigenvalue weighted by Gasteiger charge is -2.42. The molecule has 0 amide bonds. The summed E-state index contributed by atoms with van der Waals surface area (Å²) in [4.78, 5) is 33.5. The fraction of sp³-hybridized carbons (Fsp3) is 0.786. The highest BCUT2D eigenvalue weighted by molar-refractivity contribution is 5.67. The van der Waals surface area contributed by atoms with Crippen LogP contribution < -0.4 is 0 Å². The Balaban J connectivity index is 3.00. The van der Waals surface area contributed by atoms with E-state index in [2.05, 4.69) is 0 Å². The van der Waals surface area contributed by atoms with Gasteiger partial charge in [-0.15, -0.1) is 0 Å². The van der Waals surface area contributed by atoms with Gasteiger partial charge in [0.25, 0.3) is 0 Å². The van der Waals surface area contributed by atoms with Crippen LogP contribution in [0.2, 0.25) is 0 Å². The molecule has 0 spiro atoms. The van der Waals surface area contributed by atoms with Gasteiger partial charge in [-0.2, -0.15) is 0 Å². The predicted molar refractivity (Wildman–Crippen MR) is 75.4 cm³/mol. The molecule has 10 nitrogen and oxygen atoms in total. The lowest BCUT2D eigenvalue weighted by Crippen LogP contribution is -2.61. The van der Waals surface area contributed by atoms with Crippen molar-refractivity contribution in [3.05, 3.63) is 0 Å². The van der Waals surface area contributed by atoms with Gasteiger partial charge in [0.1, 0.15) is 18.8 Å². The van der Waals surface area contributed by atoms with Crippen LogP contribution >= 0.6 is 0 Å². The molecule has 0 saturated carbocycles. The van der Waals surface area contributed by atoms with Gasteiger partial charge in [0, 0.05) is 20.8 Å². The number of carbonyl (C=O) groups is 3. The van der Waals surface area contributed by atoms with E-state index in [9.17, 15) is 19.5 Å². The first kappa shape index (κ1) is 20.3. The molecule has 0 bridgehead atoms. The molecule has 2 N–H and O–H groups in total. The number of rotatable bonds is 7. The maximum atomic E-state index is 11.3. The zero-order valence-corrected chi connectivity index (χ0v) is 13.7. The summed E-state index contributed by atoms with van der Waals surface area (Å²) in [6.07, 6.45) is -6.26. The van der Waals surface area contributed by atoms with Crippen LogP contribution in [-0.4, -0.2) is 78.6 Å². The third-order valence-electron chi connectivity index (χ3n) is 3.05. The van der Waals surface area contributed by atoms with Crippen molar-refractivity contribution in [3.8, 4) is 0 Å². The first-order chi connectivity index (χ1) is 11.3. The number of ether oxygens (including phenoxy) is 5. The number of hydrogen-bond acceptors (Lipinski definition) is 10. The largest absolute Gasteiger partial charge is 0.463 e. The number of esters is 3. The Labute approximate surface area is 138 Å². The van der Waals surface area contributed by atoms with Crippen molar-refractivity contribution in [1.82, 2.24) is 0 Å². The van der Waals surface area contributed by atoms with E-state index in [1.54, 1.807) is 0 Å². The number of hydrogen-bond donors (Lipinski definition) is 2. The van der Waals surface area contributed by atoms with Crippen LogP contribution in [0.3, 0.4) is 0 Å². The van der Waals surface area contributed by atoms with Crippen LogP contribution in [0.4, 0.5) is 0 Å².